The summed E-state index contributed by atoms with van der Waals surface area (Å²) in [4.78, 5) is 11.0. The molecule has 12 heavy (non-hydrogen) atoms. The van der Waals surface area contributed by atoms with Gasteiger partial charge in [-0.2, -0.15) is 0 Å². The largest absolute Gasteiger partial charge is 0.465 e. The molecular formula is C8H14ClNO2. The minimum Gasteiger partial charge on any atom is -0.465 e. The fraction of sp³-hybridized carbons (Fsp3) is 0.625. The van der Waals surface area contributed by atoms with Gasteiger partial charge in [-0.05, 0) is 20.3 Å². The zero-order chi connectivity index (χ0) is 9.56. The molecule has 0 spiro atoms. The zero-order valence-electron chi connectivity index (χ0n) is 7.34. The van der Waals surface area contributed by atoms with Crippen LogP contribution in [0.1, 0.15) is 20.3 Å². The summed E-state index contributed by atoms with van der Waals surface area (Å²) in [5.74, 6) is -0.379. The van der Waals surface area contributed by atoms with Gasteiger partial charge in [-0.1, -0.05) is 17.2 Å². The highest BCUT2D eigenvalue weighted by molar-refractivity contribution is 6.25. The maximum Gasteiger partial charge on any atom is 0.323 e. The Kier molecular flexibility index (Phi) is 5.76. The number of halogens is 1. The molecular weight excluding hydrogens is 178 g/mol. The fourth-order valence-electron chi connectivity index (χ4n) is 0.724. The number of hydrogen-bond donors (Lipinski definition) is 1. The quantitative estimate of drug-likeness (QED) is 0.684. The van der Waals surface area contributed by atoms with Gasteiger partial charge < -0.3 is 10.5 Å². The lowest BCUT2D eigenvalue weighted by atomic mass is 10.1. The van der Waals surface area contributed by atoms with E-state index in [4.69, 9.17) is 22.1 Å². The van der Waals surface area contributed by atoms with Crippen LogP contribution in [0.25, 0.3) is 0 Å². The van der Waals surface area contributed by atoms with Gasteiger partial charge in [0.2, 0.25) is 0 Å². The van der Waals surface area contributed by atoms with Gasteiger partial charge in [0.1, 0.15) is 6.04 Å². The van der Waals surface area contributed by atoms with Crippen molar-refractivity contribution in [2.24, 2.45) is 5.73 Å². The lowest BCUT2D eigenvalue weighted by molar-refractivity contribution is -0.144. The van der Waals surface area contributed by atoms with Crippen LogP contribution >= 0.6 is 11.6 Å². The second kappa shape index (κ2) is 6.03. The minimum absolute atomic E-state index is 0.357. The molecule has 0 rings (SSSR count). The van der Waals surface area contributed by atoms with Crippen molar-refractivity contribution in [3.05, 3.63) is 11.1 Å². The Bertz CT molecular complexity index is 180. The molecule has 0 radical (unpaired) electrons. The smallest absolute Gasteiger partial charge is 0.323 e. The number of nitrogens with two attached hydrogens (primary N) is 1. The molecule has 1 atom stereocenters. The molecule has 0 aromatic heterocycles. The molecule has 0 heterocycles. The second-order valence-corrected chi connectivity index (χ2v) is 2.74. The van der Waals surface area contributed by atoms with E-state index < -0.39 is 6.04 Å². The van der Waals surface area contributed by atoms with Gasteiger partial charge in [0.15, 0.2) is 0 Å². The monoisotopic (exact) mass is 191 g/mol. The van der Waals surface area contributed by atoms with Crippen molar-refractivity contribution in [1.29, 1.82) is 0 Å². The summed E-state index contributed by atoms with van der Waals surface area (Å²) in [5, 5.41) is 0. The van der Waals surface area contributed by atoms with E-state index in [0.717, 1.165) is 5.57 Å². The van der Waals surface area contributed by atoms with Crippen LogP contribution in [0.2, 0.25) is 0 Å². The Morgan fingerprint density at radius 3 is 2.75 bits per heavy atom. The molecule has 3 nitrogen and oxygen atoms in total. The Morgan fingerprint density at radius 2 is 2.33 bits per heavy atom. The highest BCUT2D eigenvalue weighted by Crippen LogP contribution is 2.05. The molecule has 0 aromatic carbocycles. The summed E-state index contributed by atoms with van der Waals surface area (Å²) in [6.45, 7) is 3.91. The fourth-order valence-corrected chi connectivity index (χ4v) is 0.813. The Morgan fingerprint density at radius 1 is 1.75 bits per heavy atom. The molecule has 0 bridgehead atoms. The topological polar surface area (TPSA) is 52.3 Å². The summed E-state index contributed by atoms with van der Waals surface area (Å²) >= 11 is 5.41. The van der Waals surface area contributed by atoms with Crippen molar-refractivity contribution >= 4 is 17.6 Å². The van der Waals surface area contributed by atoms with Crippen molar-refractivity contribution in [2.45, 2.75) is 26.3 Å². The van der Waals surface area contributed by atoms with Gasteiger partial charge in [0.05, 0.1) is 6.61 Å². The molecule has 4 heteroatoms. The van der Waals surface area contributed by atoms with Gasteiger partial charge in [0.25, 0.3) is 0 Å². The number of rotatable bonds is 4. The van der Waals surface area contributed by atoms with Crippen molar-refractivity contribution < 1.29 is 9.53 Å². The number of hydrogen-bond acceptors (Lipinski definition) is 3. The first-order valence-corrected chi connectivity index (χ1v) is 4.23. The normalized spacial score (nSPS) is 14.2. The SMILES string of the molecule is CCOC(=O)C(N)C/C(C)=C/Cl. The lowest BCUT2D eigenvalue weighted by Gasteiger charge is -2.09. The number of carbonyl (C=O) groups excluding carboxylic acids is 1. The van der Waals surface area contributed by atoms with Gasteiger partial charge in [0, 0.05) is 5.54 Å². The van der Waals surface area contributed by atoms with Crippen molar-refractivity contribution in [3.63, 3.8) is 0 Å². The number of carbonyl (C=O) groups is 1. The third kappa shape index (κ3) is 4.36. The third-order valence-corrected chi connectivity index (χ3v) is 1.69. The van der Waals surface area contributed by atoms with Crippen LogP contribution in [0.5, 0.6) is 0 Å². The van der Waals surface area contributed by atoms with Crippen LogP contribution in [-0.4, -0.2) is 18.6 Å². The molecule has 0 aliphatic heterocycles. The van der Waals surface area contributed by atoms with E-state index in [1.807, 2.05) is 6.92 Å². The molecule has 0 aliphatic carbocycles. The first-order valence-electron chi connectivity index (χ1n) is 3.79. The van der Waals surface area contributed by atoms with E-state index >= 15 is 0 Å². The van der Waals surface area contributed by atoms with E-state index in [-0.39, 0.29) is 5.97 Å². The summed E-state index contributed by atoms with van der Waals surface area (Å²) in [6.07, 6.45) is 0.447. The highest BCUT2D eigenvalue weighted by Gasteiger charge is 2.14. The van der Waals surface area contributed by atoms with Crippen LogP contribution in [0.15, 0.2) is 11.1 Å². The van der Waals surface area contributed by atoms with Gasteiger partial charge in [-0.3, -0.25) is 4.79 Å². The summed E-state index contributed by atoms with van der Waals surface area (Å²) in [6, 6.07) is -0.597. The first kappa shape index (κ1) is 11.5. The maximum atomic E-state index is 11.0. The zero-order valence-corrected chi connectivity index (χ0v) is 8.10. The molecule has 0 saturated carbocycles. The van der Waals surface area contributed by atoms with Crippen LogP contribution < -0.4 is 5.73 Å². The molecule has 0 aliphatic rings. The first-order chi connectivity index (χ1) is 5.61. The van der Waals surface area contributed by atoms with E-state index in [1.165, 1.54) is 5.54 Å². The minimum atomic E-state index is -0.597. The van der Waals surface area contributed by atoms with Crippen molar-refractivity contribution in [3.8, 4) is 0 Å². The molecule has 1 unspecified atom stereocenters. The summed E-state index contributed by atoms with van der Waals surface area (Å²) < 4.78 is 4.71. The van der Waals surface area contributed by atoms with Crippen LogP contribution in [-0.2, 0) is 9.53 Å². The molecule has 70 valence electrons. The van der Waals surface area contributed by atoms with E-state index in [0.29, 0.717) is 13.0 Å². The number of esters is 1. The Balaban J connectivity index is 3.86. The Labute approximate surface area is 77.5 Å². The lowest BCUT2D eigenvalue weighted by Crippen LogP contribution is -2.32. The van der Waals surface area contributed by atoms with Gasteiger partial charge in [-0.25, -0.2) is 0 Å². The average Bonchev–Trinajstić information content (AvgIpc) is 2.04. The van der Waals surface area contributed by atoms with E-state index in [9.17, 15) is 4.79 Å². The molecule has 0 saturated heterocycles. The van der Waals surface area contributed by atoms with E-state index in [2.05, 4.69) is 0 Å². The Hall–Kier alpha value is -0.540. The molecule has 0 aromatic rings. The molecule has 0 amide bonds. The average molecular weight is 192 g/mol. The highest BCUT2D eigenvalue weighted by atomic mass is 35.5. The van der Waals surface area contributed by atoms with Gasteiger partial charge >= 0.3 is 5.97 Å². The van der Waals surface area contributed by atoms with Crippen molar-refractivity contribution in [1.82, 2.24) is 0 Å². The molecule has 2 N–H and O–H groups in total. The van der Waals surface area contributed by atoms with E-state index in [1.54, 1.807) is 6.92 Å². The van der Waals surface area contributed by atoms with Crippen LogP contribution in [0.4, 0.5) is 0 Å². The van der Waals surface area contributed by atoms with Gasteiger partial charge in [-0.15, -0.1) is 0 Å². The predicted molar refractivity (Wildman–Crippen MR) is 48.8 cm³/mol. The maximum absolute atomic E-state index is 11.0. The summed E-state index contributed by atoms with van der Waals surface area (Å²) in [5.41, 5.74) is 7.79. The second-order valence-electron chi connectivity index (χ2n) is 2.52. The molecule has 0 fully saturated rings. The number of ether oxygens (including phenoxy) is 1. The summed E-state index contributed by atoms with van der Waals surface area (Å²) in [7, 11) is 0. The standard InChI is InChI=1S/C8H14ClNO2/c1-3-12-8(11)7(10)4-6(2)5-9/h5,7H,3-4,10H2,1-2H3/b6-5+. The van der Waals surface area contributed by atoms with Crippen LogP contribution in [0.3, 0.4) is 0 Å². The van der Waals surface area contributed by atoms with Crippen LogP contribution in [0, 0.1) is 0 Å². The van der Waals surface area contributed by atoms with Crippen molar-refractivity contribution in [2.75, 3.05) is 6.61 Å². The third-order valence-electron chi connectivity index (χ3n) is 1.32. The predicted octanol–water partition coefficient (Wildman–Crippen LogP) is 1.41.